The third-order valence-corrected chi connectivity index (χ3v) is 5.99. The van der Waals surface area contributed by atoms with Gasteiger partial charge in [-0.2, -0.15) is 0 Å². The second-order valence-corrected chi connectivity index (χ2v) is 8.56. The van der Waals surface area contributed by atoms with E-state index in [1.54, 1.807) is 24.3 Å². The molecule has 0 unspecified atom stereocenters. The van der Waals surface area contributed by atoms with Crippen LogP contribution in [0.2, 0.25) is 0 Å². The number of aromatic hydroxyl groups is 2. The van der Waals surface area contributed by atoms with Crippen molar-refractivity contribution in [3.05, 3.63) is 47.5 Å². The molecule has 10 N–H and O–H groups in total. The maximum Gasteiger partial charge on any atom is 0.243 e. The zero-order chi connectivity index (χ0) is 25.7. The number of hydrogen-bond acceptors (Lipinski definition) is 8. The van der Waals surface area contributed by atoms with Crippen LogP contribution in [0.3, 0.4) is 0 Å². The molecule has 0 saturated carbocycles. The van der Waals surface area contributed by atoms with Crippen molar-refractivity contribution < 1.29 is 29.7 Å². The number of amides is 3. The van der Waals surface area contributed by atoms with E-state index >= 15 is 0 Å². The molecule has 4 bridgehead atoms. The molecule has 1 aliphatic rings. The van der Waals surface area contributed by atoms with Crippen molar-refractivity contribution in [3.63, 3.8) is 0 Å². The number of likely N-dealkylation sites (N-methyl/N-ethyl adjacent to an activating group) is 1. The van der Waals surface area contributed by atoms with Gasteiger partial charge in [0.05, 0.1) is 12.1 Å². The number of phenols is 2. The van der Waals surface area contributed by atoms with Gasteiger partial charge in [-0.1, -0.05) is 12.1 Å². The molecule has 0 aliphatic carbocycles. The second kappa shape index (κ2) is 11.2. The molecule has 0 radical (unpaired) electrons. The molecular weight excluding hydrogens is 454 g/mol. The Morgan fingerprint density at radius 3 is 2.14 bits per heavy atom. The first kappa shape index (κ1) is 25.9. The van der Waals surface area contributed by atoms with Gasteiger partial charge in [-0.15, -0.1) is 0 Å². The zero-order valence-electron chi connectivity index (χ0n) is 19.3. The summed E-state index contributed by atoms with van der Waals surface area (Å²) < 4.78 is 0. The molecule has 11 nitrogen and oxygen atoms in total. The normalized spacial score (nSPS) is 21.7. The van der Waals surface area contributed by atoms with Crippen LogP contribution >= 0.6 is 0 Å². The predicted octanol–water partition coefficient (Wildman–Crippen LogP) is -1.38. The van der Waals surface area contributed by atoms with Gasteiger partial charge in [0, 0.05) is 32.9 Å². The molecule has 0 saturated heterocycles. The Balaban J connectivity index is 2.10. The summed E-state index contributed by atoms with van der Waals surface area (Å²) in [6, 6.07) is 6.27. The van der Waals surface area contributed by atoms with Crippen LogP contribution in [0.15, 0.2) is 36.4 Å². The number of carbonyl (C=O) groups excluding carboxylic acids is 3. The van der Waals surface area contributed by atoms with Gasteiger partial charge in [0.1, 0.15) is 23.6 Å². The first-order valence-electron chi connectivity index (χ1n) is 11.2. The maximum atomic E-state index is 13.1. The Hall–Kier alpha value is -3.67. The molecule has 0 fully saturated rings. The largest absolute Gasteiger partial charge is 0.508 e. The van der Waals surface area contributed by atoms with Gasteiger partial charge in [0.25, 0.3) is 0 Å². The minimum absolute atomic E-state index is 0.0227. The van der Waals surface area contributed by atoms with Crippen LogP contribution in [-0.2, 0) is 27.2 Å². The summed E-state index contributed by atoms with van der Waals surface area (Å²) in [5.41, 5.74) is 13.8. The van der Waals surface area contributed by atoms with E-state index in [2.05, 4.69) is 16.0 Å². The van der Waals surface area contributed by atoms with Crippen molar-refractivity contribution in [2.45, 2.75) is 43.5 Å². The average Bonchev–Trinajstić information content (AvgIpc) is 2.84. The zero-order valence-corrected chi connectivity index (χ0v) is 19.3. The number of phenolic OH excluding ortho intramolecular Hbond substituents is 2. The summed E-state index contributed by atoms with van der Waals surface area (Å²) in [4.78, 5) is 38.5. The Kier molecular flexibility index (Phi) is 8.28. The second-order valence-electron chi connectivity index (χ2n) is 8.56. The molecule has 2 aromatic carbocycles. The molecule has 0 spiro atoms. The van der Waals surface area contributed by atoms with Crippen molar-refractivity contribution in [1.29, 1.82) is 0 Å². The fourth-order valence-electron chi connectivity index (χ4n) is 3.94. The lowest BCUT2D eigenvalue weighted by molar-refractivity contribution is -0.132. The van der Waals surface area contributed by atoms with Crippen LogP contribution in [0, 0.1) is 0 Å². The van der Waals surface area contributed by atoms with Crippen molar-refractivity contribution in [2.75, 3.05) is 13.6 Å². The van der Waals surface area contributed by atoms with Crippen LogP contribution in [-0.4, -0.2) is 70.9 Å². The van der Waals surface area contributed by atoms with Crippen molar-refractivity contribution >= 4 is 17.7 Å². The van der Waals surface area contributed by atoms with E-state index in [9.17, 15) is 29.7 Å². The summed E-state index contributed by atoms with van der Waals surface area (Å²) in [5, 5.41) is 38.4. The summed E-state index contributed by atoms with van der Waals surface area (Å²) >= 11 is 0. The summed E-state index contributed by atoms with van der Waals surface area (Å²) in [7, 11) is 1.41. The Morgan fingerprint density at radius 1 is 1.03 bits per heavy atom. The van der Waals surface area contributed by atoms with E-state index in [0.717, 1.165) is 0 Å². The van der Waals surface area contributed by atoms with Gasteiger partial charge in [-0.25, -0.2) is 0 Å². The quantitative estimate of drug-likeness (QED) is 0.259. The molecule has 188 valence electrons. The Bertz CT molecular complexity index is 1110. The number of aliphatic hydroxyl groups is 1. The number of aliphatic hydroxyl groups excluding tert-OH is 1. The lowest BCUT2D eigenvalue weighted by atomic mass is 9.95. The molecule has 4 atom stereocenters. The molecule has 35 heavy (non-hydrogen) atoms. The van der Waals surface area contributed by atoms with Gasteiger partial charge in [0.15, 0.2) is 0 Å². The van der Waals surface area contributed by atoms with Gasteiger partial charge in [0.2, 0.25) is 17.7 Å². The minimum atomic E-state index is -1.23. The molecule has 3 rings (SSSR count). The highest BCUT2D eigenvalue weighted by molar-refractivity contribution is 5.93. The molecular formula is C24H31N5O6. The van der Waals surface area contributed by atoms with Crippen LogP contribution < -0.4 is 27.4 Å². The highest BCUT2D eigenvalue weighted by Crippen LogP contribution is 2.30. The number of nitrogens with one attached hydrogen (secondary N) is 3. The summed E-state index contributed by atoms with van der Waals surface area (Å²) in [6.45, 7) is -0.147. The molecule has 1 aliphatic heterocycles. The van der Waals surface area contributed by atoms with Crippen LogP contribution in [0.1, 0.15) is 17.5 Å². The molecule has 3 amide bonds. The highest BCUT2D eigenvalue weighted by atomic mass is 16.3. The third kappa shape index (κ3) is 6.27. The minimum Gasteiger partial charge on any atom is -0.508 e. The fraction of sp³-hybridized carbons (Fsp3) is 0.375. The van der Waals surface area contributed by atoms with Gasteiger partial charge >= 0.3 is 0 Å². The van der Waals surface area contributed by atoms with Crippen molar-refractivity contribution in [1.82, 2.24) is 16.0 Å². The number of benzene rings is 2. The van der Waals surface area contributed by atoms with E-state index in [0.29, 0.717) is 22.3 Å². The van der Waals surface area contributed by atoms with Crippen molar-refractivity contribution in [2.24, 2.45) is 11.5 Å². The number of nitrogens with two attached hydrogens (primary N) is 2. The summed E-state index contributed by atoms with van der Waals surface area (Å²) in [6.07, 6.45) is -1.37. The van der Waals surface area contributed by atoms with Gasteiger partial charge in [-0.3, -0.25) is 14.4 Å². The lowest BCUT2D eigenvalue weighted by Crippen LogP contribution is -2.57. The maximum absolute atomic E-state index is 13.1. The predicted molar refractivity (Wildman–Crippen MR) is 128 cm³/mol. The van der Waals surface area contributed by atoms with E-state index in [-0.39, 0.29) is 37.3 Å². The van der Waals surface area contributed by atoms with Crippen LogP contribution in [0.25, 0.3) is 11.1 Å². The van der Waals surface area contributed by atoms with E-state index in [1.165, 1.54) is 19.2 Å². The topological polar surface area (TPSA) is 200 Å². The fourth-order valence-corrected chi connectivity index (χ4v) is 3.94. The Labute approximate surface area is 202 Å². The van der Waals surface area contributed by atoms with E-state index < -0.39 is 42.0 Å². The van der Waals surface area contributed by atoms with Gasteiger partial charge < -0.3 is 42.7 Å². The monoisotopic (exact) mass is 485 g/mol. The third-order valence-electron chi connectivity index (χ3n) is 5.99. The molecule has 0 aromatic heterocycles. The lowest BCUT2D eigenvalue weighted by Gasteiger charge is -2.25. The molecule has 1 heterocycles. The van der Waals surface area contributed by atoms with Gasteiger partial charge in [-0.05, 0) is 46.5 Å². The number of carbonyl (C=O) groups is 3. The van der Waals surface area contributed by atoms with Crippen molar-refractivity contribution in [3.8, 4) is 22.6 Å². The van der Waals surface area contributed by atoms with Crippen LogP contribution in [0.5, 0.6) is 11.5 Å². The highest BCUT2D eigenvalue weighted by Gasteiger charge is 2.30. The summed E-state index contributed by atoms with van der Waals surface area (Å²) in [5.74, 6) is -2.02. The average molecular weight is 486 g/mol. The van der Waals surface area contributed by atoms with Crippen LogP contribution in [0.4, 0.5) is 0 Å². The molecule has 2 aromatic rings. The standard InChI is InChI=1S/C24H31N5O6/c1-27-23(34)18-9-15-7-13(3-5-21(15)32)12-2-4-20(31)14(6-12)8-17(26)22(33)28-19(24(35)29-18)10-16(30)11-25/h2-7,16-19,30-32H,8-11,25-26H2,1H3,(H,27,34)(H,28,33)(H,29,35)/t16-,17+,18+,19+/m1/s1. The molecule has 11 heteroatoms. The number of rotatable bonds is 4. The van der Waals surface area contributed by atoms with E-state index in [4.69, 9.17) is 11.5 Å². The van der Waals surface area contributed by atoms with E-state index in [1.807, 2.05) is 0 Å². The Morgan fingerprint density at radius 2 is 1.60 bits per heavy atom. The smallest absolute Gasteiger partial charge is 0.243 e. The number of hydrogen-bond donors (Lipinski definition) is 8. The number of fused-ring (bicyclic) bond motifs is 5. The first-order chi connectivity index (χ1) is 16.6. The first-order valence-corrected chi connectivity index (χ1v) is 11.2. The SMILES string of the molecule is CNC(=O)[C@@H]1Cc2cc(ccc2O)-c2ccc(O)c(c2)C[C@H](N)C(=O)N[C@@H](C[C@@H](O)CN)C(=O)N1.